The van der Waals surface area contributed by atoms with Crippen LogP contribution in [0.5, 0.6) is 0 Å². The highest BCUT2D eigenvalue weighted by molar-refractivity contribution is 7.89. The molecular formula is C15H17NO2S. The lowest BCUT2D eigenvalue weighted by molar-refractivity contribution is 0.403. The third-order valence-electron chi connectivity index (χ3n) is 4.18. The van der Waals surface area contributed by atoms with E-state index in [4.69, 9.17) is 0 Å². The van der Waals surface area contributed by atoms with E-state index in [0.29, 0.717) is 11.4 Å². The standard InChI is InChI=1S/C15H17NO2S/c1-12-8-9-13-10-15(12,2)11-16(13)19(17,18)14-6-4-3-5-7-14/h3-9,13H,1,10-11H2,2H3/t13-,15-/m1/s1. The average molecular weight is 275 g/mol. The zero-order chi connectivity index (χ0) is 13.7. The van der Waals surface area contributed by atoms with Gasteiger partial charge in [-0.2, -0.15) is 4.31 Å². The number of rotatable bonds is 2. The van der Waals surface area contributed by atoms with Crippen molar-refractivity contribution in [2.45, 2.75) is 24.3 Å². The molecule has 1 saturated heterocycles. The molecule has 1 fully saturated rings. The summed E-state index contributed by atoms with van der Waals surface area (Å²) in [6, 6.07) is 8.60. The second-order valence-electron chi connectivity index (χ2n) is 5.58. The van der Waals surface area contributed by atoms with E-state index < -0.39 is 10.0 Å². The minimum atomic E-state index is -3.41. The van der Waals surface area contributed by atoms with Crippen molar-refractivity contribution < 1.29 is 8.42 Å². The molecule has 0 radical (unpaired) electrons. The first-order chi connectivity index (χ1) is 8.93. The van der Waals surface area contributed by atoms with Crippen molar-refractivity contribution in [1.82, 2.24) is 4.31 Å². The summed E-state index contributed by atoms with van der Waals surface area (Å²) in [5, 5.41) is 0. The van der Waals surface area contributed by atoms with Gasteiger partial charge in [-0.25, -0.2) is 8.42 Å². The van der Waals surface area contributed by atoms with Gasteiger partial charge in [0.05, 0.1) is 4.90 Å². The molecule has 2 atom stereocenters. The Morgan fingerprint density at radius 3 is 2.63 bits per heavy atom. The Morgan fingerprint density at radius 2 is 2.00 bits per heavy atom. The molecule has 1 aliphatic carbocycles. The molecule has 1 heterocycles. The third-order valence-corrected chi connectivity index (χ3v) is 6.06. The van der Waals surface area contributed by atoms with Crippen LogP contribution in [0.2, 0.25) is 0 Å². The van der Waals surface area contributed by atoms with Gasteiger partial charge in [0.2, 0.25) is 10.0 Å². The van der Waals surface area contributed by atoms with E-state index in [2.05, 4.69) is 13.5 Å². The van der Waals surface area contributed by atoms with Gasteiger partial charge in [-0.3, -0.25) is 0 Å². The van der Waals surface area contributed by atoms with E-state index in [9.17, 15) is 8.42 Å². The Morgan fingerprint density at radius 1 is 1.32 bits per heavy atom. The van der Waals surface area contributed by atoms with Crippen LogP contribution in [0.15, 0.2) is 59.5 Å². The van der Waals surface area contributed by atoms with E-state index in [0.717, 1.165) is 12.0 Å². The van der Waals surface area contributed by atoms with Crippen molar-refractivity contribution in [2.24, 2.45) is 5.41 Å². The minimum Gasteiger partial charge on any atom is -0.207 e. The molecule has 1 aliphatic heterocycles. The van der Waals surface area contributed by atoms with Gasteiger partial charge in [0, 0.05) is 18.0 Å². The van der Waals surface area contributed by atoms with Crippen LogP contribution in [0.1, 0.15) is 13.3 Å². The van der Waals surface area contributed by atoms with Crippen LogP contribution in [-0.2, 0) is 10.0 Å². The van der Waals surface area contributed by atoms with Gasteiger partial charge in [-0.1, -0.05) is 43.9 Å². The summed E-state index contributed by atoms with van der Waals surface area (Å²) in [7, 11) is -3.41. The second-order valence-corrected chi connectivity index (χ2v) is 7.47. The quantitative estimate of drug-likeness (QED) is 0.832. The zero-order valence-corrected chi connectivity index (χ0v) is 11.7. The Kier molecular flexibility index (Phi) is 2.69. The summed E-state index contributed by atoms with van der Waals surface area (Å²) >= 11 is 0. The first kappa shape index (κ1) is 12.6. The topological polar surface area (TPSA) is 37.4 Å². The number of fused-ring (bicyclic) bond motifs is 2. The fourth-order valence-corrected chi connectivity index (χ4v) is 4.63. The summed E-state index contributed by atoms with van der Waals surface area (Å²) in [6.07, 6.45) is 4.75. The lowest BCUT2D eigenvalue weighted by Gasteiger charge is -2.25. The monoisotopic (exact) mass is 275 g/mol. The zero-order valence-electron chi connectivity index (χ0n) is 10.9. The van der Waals surface area contributed by atoms with Crippen LogP contribution in [0.4, 0.5) is 0 Å². The molecule has 19 heavy (non-hydrogen) atoms. The summed E-state index contributed by atoms with van der Waals surface area (Å²) in [5.41, 5.74) is 0.899. The highest BCUT2D eigenvalue weighted by atomic mass is 32.2. The number of nitrogens with zero attached hydrogens (tertiary/aromatic N) is 1. The maximum absolute atomic E-state index is 12.7. The van der Waals surface area contributed by atoms with Gasteiger partial charge in [0.1, 0.15) is 0 Å². The smallest absolute Gasteiger partial charge is 0.207 e. The normalized spacial score (nSPS) is 30.8. The van der Waals surface area contributed by atoms with Crippen LogP contribution >= 0.6 is 0 Å². The molecule has 1 aromatic carbocycles. The molecule has 100 valence electrons. The fraction of sp³-hybridized carbons (Fsp3) is 0.333. The van der Waals surface area contributed by atoms with Crippen molar-refractivity contribution in [3.05, 3.63) is 54.6 Å². The largest absolute Gasteiger partial charge is 0.243 e. The first-order valence-corrected chi connectivity index (χ1v) is 7.82. The summed E-state index contributed by atoms with van der Waals surface area (Å²) < 4.78 is 27.0. The maximum atomic E-state index is 12.7. The highest BCUT2D eigenvalue weighted by Crippen LogP contribution is 2.46. The fourth-order valence-electron chi connectivity index (χ4n) is 2.91. The minimum absolute atomic E-state index is 0.0410. The second kappa shape index (κ2) is 4.05. The SMILES string of the molecule is C=C1C=C[C@@H]2C[C@]1(C)CN2S(=O)(=O)c1ccccc1. The Bertz CT molecular complexity index is 648. The van der Waals surface area contributed by atoms with Gasteiger partial charge in [-0.15, -0.1) is 0 Å². The molecule has 0 amide bonds. The molecule has 2 aliphatic rings. The van der Waals surface area contributed by atoms with Crippen LogP contribution in [-0.4, -0.2) is 25.3 Å². The Balaban J connectivity index is 2.02. The number of sulfonamides is 1. The molecule has 0 unspecified atom stereocenters. The predicted octanol–water partition coefficient (Wildman–Crippen LogP) is 2.58. The maximum Gasteiger partial charge on any atom is 0.243 e. The highest BCUT2D eigenvalue weighted by Gasteiger charge is 2.48. The van der Waals surface area contributed by atoms with Crippen molar-refractivity contribution in [1.29, 1.82) is 0 Å². The van der Waals surface area contributed by atoms with Gasteiger partial charge in [0.15, 0.2) is 0 Å². The van der Waals surface area contributed by atoms with Crippen molar-refractivity contribution >= 4 is 10.0 Å². The molecule has 2 bridgehead atoms. The molecule has 0 saturated carbocycles. The molecule has 0 spiro atoms. The van der Waals surface area contributed by atoms with Gasteiger partial charge in [-0.05, 0) is 24.1 Å². The van der Waals surface area contributed by atoms with Gasteiger partial charge in [0.25, 0.3) is 0 Å². The molecule has 3 rings (SSSR count). The average Bonchev–Trinajstić information content (AvgIpc) is 2.70. The van der Waals surface area contributed by atoms with Gasteiger partial charge < -0.3 is 0 Å². The summed E-state index contributed by atoms with van der Waals surface area (Å²) in [6.45, 7) is 6.65. The molecule has 3 nitrogen and oxygen atoms in total. The Labute approximate surface area is 114 Å². The van der Waals surface area contributed by atoms with E-state index in [1.165, 1.54) is 0 Å². The molecule has 0 N–H and O–H groups in total. The molecule has 1 aromatic rings. The first-order valence-electron chi connectivity index (χ1n) is 6.38. The van der Waals surface area contributed by atoms with Crippen LogP contribution in [0, 0.1) is 5.41 Å². The number of benzene rings is 1. The molecular weight excluding hydrogens is 258 g/mol. The number of hydrogen-bond donors (Lipinski definition) is 0. The Hall–Kier alpha value is -1.39. The number of hydrogen-bond acceptors (Lipinski definition) is 2. The van der Waals surface area contributed by atoms with E-state index in [1.807, 2.05) is 18.2 Å². The summed E-state index contributed by atoms with van der Waals surface area (Å²) in [5.74, 6) is 0. The van der Waals surface area contributed by atoms with E-state index in [1.54, 1.807) is 28.6 Å². The van der Waals surface area contributed by atoms with E-state index >= 15 is 0 Å². The lowest BCUT2D eigenvalue weighted by atomic mass is 9.78. The van der Waals surface area contributed by atoms with E-state index in [-0.39, 0.29) is 11.5 Å². The van der Waals surface area contributed by atoms with Gasteiger partial charge >= 0.3 is 0 Å². The third kappa shape index (κ3) is 1.86. The molecule has 4 heteroatoms. The van der Waals surface area contributed by atoms with Crippen LogP contribution < -0.4 is 0 Å². The molecule has 0 aromatic heterocycles. The van der Waals surface area contributed by atoms with Crippen molar-refractivity contribution in [3.63, 3.8) is 0 Å². The number of allylic oxidation sites excluding steroid dienone is 1. The van der Waals surface area contributed by atoms with Crippen molar-refractivity contribution in [3.8, 4) is 0 Å². The van der Waals surface area contributed by atoms with Crippen LogP contribution in [0.25, 0.3) is 0 Å². The van der Waals surface area contributed by atoms with Crippen LogP contribution in [0.3, 0.4) is 0 Å². The summed E-state index contributed by atoms with van der Waals surface area (Å²) in [4.78, 5) is 0.366. The van der Waals surface area contributed by atoms with Crippen molar-refractivity contribution in [2.75, 3.05) is 6.54 Å². The lowest BCUT2D eigenvalue weighted by Crippen LogP contribution is -2.34. The predicted molar refractivity (Wildman–Crippen MR) is 75.1 cm³/mol.